The number of fused-ring (bicyclic) bond motifs is 4. The number of hydrogen-bond donors (Lipinski definition) is 4. The van der Waals surface area contributed by atoms with Crippen LogP contribution in [0.15, 0.2) is 54.1 Å². The Morgan fingerprint density at radius 2 is 1.98 bits per heavy atom. The van der Waals surface area contributed by atoms with Crippen LogP contribution in [0.3, 0.4) is 0 Å². The number of nitrogens with zero attached hydrogens (tertiary/aromatic N) is 1. The number of hydrogen-bond acceptors (Lipinski definition) is 7. The number of carbonyl (C=O) groups is 3. The zero-order chi connectivity index (χ0) is 30.1. The van der Waals surface area contributed by atoms with Crippen LogP contribution in [-0.2, 0) is 16.0 Å². The van der Waals surface area contributed by atoms with Crippen molar-refractivity contribution in [1.82, 2.24) is 15.2 Å². The summed E-state index contributed by atoms with van der Waals surface area (Å²) in [5.41, 5.74) is 3.20. The molecule has 43 heavy (non-hydrogen) atoms. The van der Waals surface area contributed by atoms with Gasteiger partial charge < -0.3 is 34.9 Å². The van der Waals surface area contributed by atoms with E-state index in [0.717, 1.165) is 42.3 Å². The summed E-state index contributed by atoms with van der Waals surface area (Å²) in [5, 5.41) is 25.1. The molecule has 0 bridgehead atoms. The molecule has 3 aromatic rings. The molecule has 0 radical (unpaired) electrons. The maximum atomic E-state index is 14.1. The van der Waals surface area contributed by atoms with Crippen molar-refractivity contribution in [2.45, 2.75) is 56.3 Å². The number of aromatic amines is 1. The van der Waals surface area contributed by atoms with Crippen molar-refractivity contribution >= 4 is 29.0 Å². The van der Waals surface area contributed by atoms with Gasteiger partial charge in [0.25, 0.3) is 0 Å². The number of benzene rings is 2. The second-order valence-electron chi connectivity index (χ2n) is 11.5. The van der Waals surface area contributed by atoms with E-state index in [1.807, 2.05) is 24.3 Å². The van der Waals surface area contributed by atoms with E-state index in [4.69, 9.17) is 9.47 Å². The Balaban J connectivity index is 1.39. The number of methoxy groups -OCH3 is 1. The Morgan fingerprint density at radius 1 is 1.19 bits per heavy atom. The van der Waals surface area contributed by atoms with Crippen LogP contribution in [-0.4, -0.2) is 83.3 Å². The molecule has 1 saturated carbocycles. The molecule has 2 aliphatic carbocycles. The van der Waals surface area contributed by atoms with Gasteiger partial charge in [0.2, 0.25) is 11.8 Å². The Bertz CT molecular complexity index is 1520. The standard InChI is InChI=1S/C33H37N3O7/c1-42-27-15-19(18-38)14-23-28-24(32(40)34-11-13-37)17-26(29(39)31(28)43-30(23)27)36(33(41)20-6-2-3-7-20)12-10-22-16-21-8-4-5-9-25(21)35-22/h4-5,8-9,14-18,20,26,28-29,31,35,37,39H,2-3,6-7,10-13H2,1H3,(H,34,40). The molecule has 1 aliphatic heterocycles. The highest BCUT2D eigenvalue weighted by Crippen LogP contribution is 2.51. The monoisotopic (exact) mass is 587 g/mol. The van der Waals surface area contributed by atoms with E-state index in [1.165, 1.54) is 7.11 Å². The van der Waals surface area contributed by atoms with Crippen LogP contribution >= 0.6 is 0 Å². The fourth-order valence-corrected chi connectivity index (χ4v) is 6.88. The summed E-state index contributed by atoms with van der Waals surface area (Å²) in [7, 11) is 1.46. The van der Waals surface area contributed by atoms with Gasteiger partial charge in [0.1, 0.15) is 18.5 Å². The minimum absolute atomic E-state index is 0.0390. The highest BCUT2D eigenvalue weighted by atomic mass is 16.5. The summed E-state index contributed by atoms with van der Waals surface area (Å²) in [4.78, 5) is 44.5. The van der Waals surface area contributed by atoms with Gasteiger partial charge in [0.05, 0.1) is 25.7 Å². The van der Waals surface area contributed by atoms with Crippen LogP contribution in [0.2, 0.25) is 0 Å². The minimum atomic E-state index is -1.16. The van der Waals surface area contributed by atoms with Gasteiger partial charge in [-0.2, -0.15) is 0 Å². The smallest absolute Gasteiger partial charge is 0.247 e. The molecule has 0 spiro atoms. The largest absolute Gasteiger partial charge is 0.493 e. The van der Waals surface area contributed by atoms with Crippen molar-refractivity contribution in [2.75, 3.05) is 26.8 Å². The fraction of sp³-hybridized carbons (Fsp3) is 0.424. The molecule has 2 heterocycles. The summed E-state index contributed by atoms with van der Waals surface area (Å²) in [6.07, 6.45) is 4.37. The van der Waals surface area contributed by atoms with Crippen molar-refractivity contribution in [3.63, 3.8) is 0 Å². The lowest BCUT2D eigenvalue weighted by molar-refractivity contribution is -0.141. The van der Waals surface area contributed by atoms with E-state index in [9.17, 15) is 24.6 Å². The molecular weight excluding hydrogens is 550 g/mol. The number of para-hydroxylation sites is 1. The Hall–Kier alpha value is -4.15. The molecule has 2 aromatic carbocycles. The lowest BCUT2D eigenvalue weighted by Gasteiger charge is -2.41. The van der Waals surface area contributed by atoms with Crippen LogP contribution in [0.4, 0.5) is 0 Å². The molecule has 6 rings (SSSR count). The van der Waals surface area contributed by atoms with E-state index in [1.54, 1.807) is 23.1 Å². The fourth-order valence-electron chi connectivity index (χ4n) is 6.88. The molecule has 0 saturated heterocycles. The quantitative estimate of drug-likeness (QED) is 0.267. The summed E-state index contributed by atoms with van der Waals surface area (Å²) in [6.45, 7) is 0.123. The van der Waals surface area contributed by atoms with Crippen molar-refractivity contribution in [3.05, 3.63) is 70.9 Å². The molecule has 10 nitrogen and oxygen atoms in total. The Labute approximate surface area is 249 Å². The number of H-pyrrole nitrogens is 1. The second-order valence-corrected chi connectivity index (χ2v) is 11.5. The van der Waals surface area contributed by atoms with Gasteiger partial charge in [-0.05, 0) is 48.6 Å². The van der Waals surface area contributed by atoms with Crippen LogP contribution < -0.4 is 14.8 Å². The third-order valence-electron chi connectivity index (χ3n) is 8.97. The minimum Gasteiger partial charge on any atom is -0.493 e. The summed E-state index contributed by atoms with van der Waals surface area (Å²) in [6, 6.07) is 12.4. The van der Waals surface area contributed by atoms with Gasteiger partial charge >= 0.3 is 0 Å². The van der Waals surface area contributed by atoms with E-state index in [0.29, 0.717) is 47.5 Å². The van der Waals surface area contributed by atoms with Gasteiger partial charge in [-0.1, -0.05) is 31.0 Å². The van der Waals surface area contributed by atoms with Gasteiger partial charge in [-0.15, -0.1) is 0 Å². The highest BCUT2D eigenvalue weighted by Gasteiger charge is 2.51. The van der Waals surface area contributed by atoms with Crippen molar-refractivity contribution in [1.29, 1.82) is 0 Å². The predicted molar refractivity (Wildman–Crippen MR) is 159 cm³/mol. The van der Waals surface area contributed by atoms with E-state index in [-0.39, 0.29) is 25.0 Å². The number of ether oxygens (including phenoxy) is 2. The molecule has 2 amide bonds. The number of rotatable bonds is 10. The molecule has 3 aliphatic rings. The molecule has 1 fully saturated rings. The van der Waals surface area contributed by atoms with Crippen molar-refractivity contribution in [3.8, 4) is 11.5 Å². The molecule has 1 aromatic heterocycles. The first-order valence-electron chi connectivity index (χ1n) is 14.9. The average molecular weight is 588 g/mol. The van der Waals surface area contributed by atoms with E-state index in [2.05, 4.69) is 16.4 Å². The first-order chi connectivity index (χ1) is 20.9. The number of carbonyl (C=O) groups excluding carboxylic acids is 3. The molecule has 4 N–H and O–H groups in total. The van der Waals surface area contributed by atoms with Gasteiger partial charge in [0.15, 0.2) is 11.5 Å². The van der Waals surface area contributed by atoms with Crippen LogP contribution in [0.5, 0.6) is 11.5 Å². The lowest BCUT2D eigenvalue weighted by Crippen LogP contribution is -2.57. The molecular formula is C33H37N3O7. The number of aliphatic hydroxyl groups excluding tert-OH is 2. The number of aromatic nitrogens is 1. The van der Waals surface area contributed by atoms with Crippen molar-refractivity contribution < 1.29 is 34.1 Å². The van der Waals surface area contributed by atoms with Crippen LogP contribution in [0, 0.1) is 5.92 Å². The van der Waals surface area contributed by atoms with Crippen LogP contribution in [0.1, 0.15) is 53.2 Å². The lowest BCUT2D eigenvalue weighted by atomic mass is 9.77. The number of nitrogens with one attached hydrogen (secondary N) is 2. The maximum absolute atomic E-state index is 14.1. The van der Waals surface area contributed by atoms with Gasteiger partial charge in [-0.25, -0.2) is 0 Å². The van der Waals surface area contributed by atoms with Gasteiger partial charge in [-0.3, -0.25) is 14.4 Å². The Morgan fingerprint density at radius 3 is 2.70 bits per heavy atom. The topological polar surface area (TPSA) is 141 Å². The summed E-state index contributed by atoms with van der Waals surface area (Å²) >= 11 is 0. The summed E-state index contributed by atoms with van der Waals surface area (Å²) < 4.78 is 11.8. The SMILES string of the molecule is COc1cc(C=O)cc2c1OC1C2C(C(=O)NCCO)=CC(N(CCc2cc3ccccc3[nH]2)C(=O)C2CCCC2)C1O. The maximum Gasteiger partial charge on any atom is 0.247 e. The number of aliphatic hydroxyl groups is 2. The normalized spacial score (nSPS) is 22.8. The second kappa shape index (κ2) is 12.2. The molecule has 226 valence electrons. The van der Waals surface area contributed by atoms with Crippen LogP contribution in [0.25, 0.3) is 10.9 Å². The highest BCUT2D eigenvalue weighted by molar-refractivity contribution is 5.96. The zero-order valence-electron chi connectivity index (χ0n) is 24.1. The number of aldehydes is 1. The van der Waals surface area contributed by atoms with E-state index < -0.39 is 30.1 Å². The van der Waals surface area contributed by atoms with E-state index >= 15 is 0 Å². The third kappa shape index (κ3) is 5.41. The van der Waals surface area contributed by atoms with Crippen molar-refractivity contribution in [2.24, 2.45) is 5.92 Å². The summed E-state index contributed by atoms with van der Waals surface area (Å²) in [5.74, 6) is -0.646. The molecule has 4 atom stereocenters. The zero-order valence-corrected chi connectivity index (χ0v) is 24.1. The molecule has 4 unspecified atom stereocenters. The average Bonchev–Trinajstić information content (AvgIpc) is 3.79. The first-order valence-corrected chi connectivity index (χ1v) is 14.9. The first kappa shape index (κ1) is 28.9. The van der Waals surface area contributed by atoms with Gasteiger partial charge in [0, 0.05) is 53.3 Å². The molecule has 10 heteroatoms. The third-order valence-corrected chi connectivity index (χ3v) is 8.97. The predicted octanol–water partition coefficient (Wildman–Crippen LogP) is 2.87. The Kier molecular flexibility index (Phi) is 8.23. The number of amides is 2.